The molecule has 0 saturated carbocycles. The highest BCUT2D eigenvalue weighted by Gasteiger charge is 2.32. The quantitative estimate of drug-likeness (QED) is 0.494. The molecule has 4 heterocycles. The lowest BCUT2D eigenvalue weighted by atomic mass is 9.99. The number of benzene rings is 1. The summed E-state index contributed by atoms with van der Waals surface area (Å²) in [6, 6.07) is 11.1. The Labute approximate surface area is 171 Å². The summed E-state index contributed by atoms with van der Waals surface area (Å²) in [5.74, 6) is 0.505. The lowest BCUT2D eigenvalue weighted by molar-refractivity contribution is 0.188. The third kappa shape index (κ3) is 3.18. The maximum atomic E-state index is 9.28. The number of nitrogens with one attached hydrogen (secondary N) is 1. The molecule has 1 saturated heterocycles. The lowest BCUT2D eigenvalue weighted by Gasteiger charge is -2.23. The van der Waals surface area contributed by atoms with Gasteiger partial charge in [0.15, 0.2) is 0 Å². The van der Waals surface area contributed by atoms with Gasteiger partial charge in [-0.1, -0.05) is 0 Å². The standard InChI is InChI=1S/C21H22N4OS2/c1-13-15(5-7-25(13)8-9-26)20-11-16-17(4-6-22-21(16)28-20)24-14-2-3-19-18(10-14)23-12-27-19/h2-4,6,10-13,15,26H,5,7-9H2,1H3,(H,22,24)/t13-,15-/m1/s1. The van der Waals surface area contributed by atoms with E-state index in [0.717, 1.165) is 41.2 Å². The number of anilines is 2. The third-order valence-electron chi connectivity index (χ3n) is 5.70. The second-order valence-electron chi connectivity index (χ2n) is 7.28. The zero-order valence-electron chi connectivity index (χ0n) is 15.6. The van der Waals surface area contributed by atoms with Crippen LogP contribution in [-0.4, -0.2) is 45.7 Å². The number of nitrogens with zero attached hydrogens (tertiary/aromatic N) is 3. The van der Waals surface area contributed by atoms with Crippen molar-refractivity contribution in [1.29, 1.82) is 0 Å². The van der Waals surface area contributed by atoms with Gasteiger partial charge in [0.2, 0.25) is 0 Å². The molecule has 1 aromatic carbocycles. The average Bonchev–Trinajstić information content (AvgIpc) is 3.41. The molecule has 5 nitrogen and oxygen atoms in total. The van der Waals surface area contributed by atoms with Crippen LogP contribution in [0.2, 0.25) is 0 Å². The van der Waals surface area contributed by atoms with Gasteiger partial charge in [0.25, 0.3) is 0 Å². The molecule has 4 aromatic rings. The van der Waals surface area contributed by atoms with Gasteiger partial charge < -0.3 is 10.4 Å². The van der Waals surface area contributed by atoms with E-state index >= 15 is 0 Å². The zero-order chi connectivity index (χ0) is 19.1. The lowest BCUT2D eigenvalue weighted by Crippen LogP contribution is -2.31. The summed E-state index contributed by atoms with van der Waals surface area (Å²) in [7, 11) is 0. The first-order chi connectivity index (χ1) is 13.7. The minimum atomic E-state index is 0.225. The van der Waals surface area contributed by atoms with Crippen LogP contribution in [0.25, 0.3) is 20.4 Å². The molecule has 1 aliphatic rings. The van der Waals surface area contributed by atoms with Crippen LogP contribution >= 0.6 is 22.7 Å². The summed E-state index contributed by atoms with van der Waals surface area (Å²) in [5, 5.41) is 14.0. The van der Waals surface area contributed by atoms with Gasteiger partial charge in [-0.15, -0.1) is 22.7 Å². The number of rotatable bonds is 5. The second-order valence-corrected chi connectivity index (χ2v) is 9.23. The Hall–Kier alpha value is -2.06. The van der Waals surface area contributed by atoms with E-state index in [1.54, 1.807) is 22.7 Å². The molecule has 144 valence electrons. The van der Waals surface area contributed by atoms with Gasteiger partial charge in [0, 0.05) is 40.7 Å². The fourth-order valence-electron chi connectivity index (χ4n) is 4.17. The Morgan fingerprint density at radius 1 is 1.25 bits per heavy atom. The number of hydrogen-bond acceptors (Lipinski definition) is 7. The van der Waals surface area contributed by atoms with Crippen molar-refractivity contribution >= 4 is 54.5 Å². The molecule has 28 heavy (non-hydrogen) atoms. The number of aliphatic hydroxyl groups is 1. The summed E-state index contributed by atoms with van der Waals surface area (Å²) >= 11 is 3.46. The Kier molecular flexibility index (Phi) is 4.76. The van der Waals surface area contributed by atoms with E-state index in [1.807, 2.05) is 17.8 Å². The highest BCUT2D eigenvalue weighted by atomic mass is 32.1. The summed E-state index contributed by atoms with van der Waals surface area (Å²) in [6.07, 6.45) is 3.01. The highest BCUT2D eigenvalue weighted by molar-refractivity contribution is 7.18. The van der Waals surface area contributed by atoms with Crippen LogP contribution in [0, 0.1) is 0 Å². The molecule has 0 spiro atoms. The highest BCUT2D eigenvalue weighted by Crippen LogP contribution is 2.41. The van der Waals surface area contributed by atoms with Crippen molar-refractivity contribution in [2.45, 2.75) is 25.3 Å². The molecule has 5 rings (SSSR count). The van der Waals surface area contributed by atoms with Gasteiger partial charge in [-0.2, -0.15) is 0 Å². The van der Waals surface area contributed by atoms with Crippen molar-refractivity contribution < 1.29 is 5.11 Å². The summed E-state index contributed by atoms with van der Waals surface area (Å²) in [5.41, 5.74) is 5.03. The number of thiazole rings is 1. The largest absolute Gasteiger partial charge is 0.395 e. The molecule has 0 amide bonds. The zero-order valence-corrected chi connectivity index (χ0v) is 17.3. The van der Waals surface area contributed by atoms with Crippen LogP contribution in [0.5, 0.6) is 0 Å². The topological polar surface area (TPSA) is 61.3 Å². The first kappa shape index (κ1) is 18.0. The molecule has 0 aliphatic carbocycles. The molecule has 1 aliphatic heterocycles. The number of likely N-dealkylation sites (tertiary alicyclic amines) is 1. The van der Waals surface area contributed by atoms with Gasteiger partial charge in [-0.25, -0.2) is 9.97 Å². The number of aromatic nitrogens is 2. The number of fused-ring (bicyclic) bond motifs is 2. The molecular weight excluding hydrogens is 388 g/mol. The summed E-state index contributed by atoms with van der Waals surface area (Å²) < 4.78 is 1.20. The number of pyridine rings is 1. The predicted molar refractivity (Wildman–Crippen MR) is 118 cm³/mol. The van der Waals surface area contributed by atoms with Crippen LogP contribution in [0.4, 0.5) is 11.4 Å². The fourth-order valence-corrected chi connectivity index (χ4v) is 6.09. The first-order valence-corrected chi connectivity index (χ1v) is 11.3. The van der Waals surface area contributed by atoms with Crippen LogP contribution in [0.3, 0.4) is 0 Å². The molecule has 7 heteroatoms. The molecule has 2 atom stereocenters. The van der Waals surface area contributed by atoms with E-state index in [-0.39, 0.29) is 6.61 Å². The smallest absolute Gasteiger partial charge is 0.125 e. The van der Waals surface area contributed by atoms with Crippen molar-refractivity contribution in [2.75, 3.05) is 25.0 Å². The SMILES string of the molecule is C[C@@H]1[C@H](c2cc3c(Nc4ccc5scnc5c4)ccnc3s2)CCN1CCO. The molecule has 2 N–H and O–H groups in total. The van der Waals surface area contributed by atoms with E-state index in [9.17, 15) is 5.11 Å². The van der Waals surface area contributed by atoms with Gasteiger partial charge in [0.05, 0.1) is 28.0 Å². The van der Waals surface area contributed by atoms with Crippen molar-refractivity contribution in [1.82, 2.24) is 14.9 Å². The minimum absolute atomic E-state index is 0.225. The molecule has 0 radical (unpaired) electrons. The van der Waals surface area contributed by atoms with Crippen LogP contribution < -0.4 is 5.32 Å². The Balaban J connectivity index is 1.46. The van der Waals surface area contributed by atoms with Crippen LogP contribution in [0.15, 0.2) is 42.0 Å². The van der Waals surface area contributed by atoms with Gasteiger partial charge in [-0.05, 0) is 50.2 Å². The monoisotopic (exact) mass is 410 g/mol. The Morgan fingerprint density at radius 2 is 2.18 bits per heavy atom. The van der Waals surface area contributed by atoms with E-state index in [0.29, 0.717) is 12.0 Å². The normalized spacial score (nSPS) is 20.4. The number of thiophene rings is 1. The van der Waals surface area contributed by atoms with Gasteiger partial charge >= 0.3 is 0 Å². The van der Waals surface area contributed by atoms with Crippen LogP contribution in [-0.2, 0) is 0 Å². The van der Waals surface area contributed by atoms with Crippen molar-refractivity contribution in [3.63, 3.8) is 0 Å². The van der Waals surface area contributed by atoms with Gasteiger partial charge in [0.1, 0.15) is 4.83 Å². The number of β-amino-alcohol motifs (C(OH)–C–C–N with tert-alkyl or cyclic N) is 1. The van der Waals surface area contributed by atoms with Crippen molar-refractivity contribution in [3.05, 3.63) is 46.9 Å². The van der Waals surface area contributed by atoms with E-state index in [2.05, 4.69) is 51.4 Å². The summed E-state index contributed by atoms with van der Waals surface area (Å²) in [4.78, 5) is 13.9. The molecule has 0 bridgehead atoms. The maximum Gasteiger partial charge on any atom is 0.125 e. The van der Waals surface area contributed by atoms with Crippen molar-refractivity contribution in [3.8, 4) is 0 Å². The number of hydrogen-bond donors (Lipinski definition) is 2. The number of aliphatic hydroxyl groups excluding tert-OH is 1. The van der Waals surface area contributed by atoms with Crippen molar-refractivity contribution in [2.24, 2.45) is 0 Å². The fraction of sp³-hybridized carbons (Fsp3) is 0.333. The maximum absolute atomic E-state index is 9.28. The van der Waals surface area contributed by atoms with Gasteiger partial charge in [-0.3, -0.25) is 4.90 Å². The molecule has 1 fully saturated rings. The molecular formula is C21H22N4OS2. The summed E-state index contributed by atoms with van der Waals surface area (Å²) in [6.45, 7) is 4.30. The van der Waals surface area contributed by atoms with E-state index < -0.39 is 0 Å². The second kappa shape index (κ2) is 7.40. The third-order valence-corrected chi connectivity index (χ3v) is 7.69. The van der Waals surface area contributed by atoms with E-state index in [4.69, 9.17) is 0 Å². The molecule has 0 unspecified atom stereocenters. The van der Waals surface area contributed by atoms with Crippen LogP contribution in [0.1, 0.15) is 24.1 Å². The average molecular weight is 411 g/mol. The molecule has 3 aromatic heterocycles. The minimum Gasteiger partial charge on any atom is -0.395 e. The Morgan fingerprint density at radius 3 is 3.07 bits per heavy atom. The van der Waals surface area contributed by atoms with E-state index in [1.165, 1.54) is 15.0 Å². The first-order valence-electron chi connectivity index (χ1n) is 9.56. The Bertz CT molecular complexity index is 1120. The predicted octanol–water partition coefficient (Wildman–Crippen LogP) is 4.82.